The number of carbonyl (C=O) groups is 2. The molecule has 0 radical (unpaired) electrons. The molecular weight excluding hydrogens is 334 g/mol. The Bertz CT molecular complexity index is 820. The zero-order valence-corrected chi connectivity index (χ0v) is 15.0. The smallest absolute Gasteiger partial charge is 0.261 e. The van der Waals surface area contributed by atoms with Gasteiger partial charge in [-0.25, -0.2) is 0 Å². The second-order valence-corrected chi connectivity index (χ2v) is 7.93. The summed E-state index contributed by atoms with van der Waals surface area (Å²) < 4.78 is 6.34. The van der Waals surface area contributed by atoms with Gasteiger partial charge < -0.3 is 10.1 Å². The molecule has 1 spiro atoms. The molecule has 0 bridgehead atoms. The van der Waals surface area contributed by atoms with Gasteiger partial charge in [-0.3, -0.25) is 9.59 Å². The van der Waals surface area contributed by atoms with Gasteiger partial charge in [-0.1, -0.05) is 18.2 Å². The molecule has 1 aromatic carbocycles. The van der Waals surface area contributed by atoms with Gasteiger partial charge >= 0.3 is 0 Å². The summed E-state index contributed by atoms with van der Waals surface area (Å²) in [7, 11) is 0. The lowest BCUT2D eigenvalue weighted by molar-refractivity contribution is 0.0361. The number of carbonyl (C=O) groups excluding carboxylic acids is 2. The summed E-state index contributed by atoms with van der Waals surface area (Å²) >= 11 is 1.32. The van der Waals surface area contributed by atoms with Crippen molar-refractivity contribution in [3.8, 4) is 5.75 Å². The summed E-state index contributed by atoms with van der Waals surface area (Å²) in [5.74, 6) is 0.750. The van der Waals surface area contributed by atoms with Crippen molar-refractivity contribution >= 4 is 23.0 Å². The molecule has 1 aliphatic carbocycles. The van der Waals surface area contributed by atoms with Crippen LogP contribution < -0.4 is 10.1 Å². The number of hydrogen-bond acceptors (Lipinski definition) is 4. The lowest BCUT2D eigenvalue weighted by Crippen LogP contribution is -2.43. The van der Waals surface area contributed by atoms with E-state index in [2.05, 4.69) is 5.32 Å². The van der Waals surface area contributed by atoms with Crippen LogP contribution in [-0.2, 0) is 0 Å². The van der Waals surface area contributed by atoms with E-state index in [-0.39, 0.29) is 23.3 Å². The van der Waals surface area contributed by atoms with Crippen LogP contribution in [0.5, 0.6) is 5.75 Å². The van der Waals surface area contributed by atoms with E-state index in [4.69, 9.17) is 4.74 Å². The molecule has 1 fully saturated rings. The molecule has 0 saturated heterocycles. The maximum atomic E-state index is 12.7. The Hall–Kier alpha value is -2.14. The minimum atomic E-state index is -0.147. The van der Waals surface area contributed by atoms with E-state index >= 15 is 0 Å². The predicted molar refractivity (Wildman–Crippen MR) is 97.4 cm³/mol. The van der Waals surface area contributed by atoms with Crippen molar-refractivity contribution in [2.24, 2.45) is 0 Å². The lowest BCUT2D eigenvalue weighted by atomic mass is 9.86. The van der Waals surface area contributed by atoms with Gasteiger partial charge in [0.05, 0.1) is 10.9 Å². The van der Waals surface area contributed by atoms with Gasteiger partial charge in [0.15, 0.2) is 5.78 Å². The number of benzene rings is 1. The summed E-state index contributed by atoms with van der Waals surface area (Å²) in [5, 5.41) is 4.92. The summed E-state index contributed by atoms with van der Waals surface area (Å²) in [4.78, 5) is 24.8. The molecule has 1 atom stereocenters. The van der Waals surface area contributed by atoms with Crippen LogP contribution in [0.2, 0.25) is 0 Å². The standard InChI is InChI=1S/C20H21NO3S/c1-13(22)14-10-18(25-12-14)19(23)21-16-11-20(8-4-5-9-20)24-17-7-3-2-6-15(16)17/h2-3,6-7,10,12,16H,4-5,8-9,11H2,1H3,(H,21,23). The van der Waals surface area contributed by atoms with E-state index in [1.165, 1.54) is 31.1 Å². The number of amides is 1. The number of ether oxygens (including phenoxy) is 1. The zero-order chi connectivity index (χ0) is 17.4. The van der Waals surface area contributed by atoms with Gasteiger partial charge in [-0.15, -0.1) is 11.3 Å². The molecular formula is C20H21NO3S. The quantitative estimate of drug-likeness (QED) is 0.824. The number of rotatable bonds is 3. The van der Waals surface area contributed by atoms with E-state index in [0.717, 1.165) is 30.6 Å². The van der Waals surface area contributed by atoms with E-state index < -0.39 is 0 Å². The van der Waals surface area contributed by atoms with Crippen LogP contribution in [0, 0.1) is 0 Å². The fourth-order valence-electron chi connectivity index (χ4n) is 3.94. The molecule has 1 amide bonds. The largest absolute Gasteiger partial charge is 0.487 e. The molecule has 2 heterocycles. The average Bonchev–Trinajstić information content (AvgIpc) is 3.25. The third-order valence-corrected chi connectivity index (χ3v) is 6.18. The van der Waals surface area contributed by atoms with Crippen molar-refractivity contribution in [2.75, 3.05) is 0 Å². The molecule has 130 valence electrons. The van der Waals surface area contributed by atoms with Crippen molar-refractivity contribution in [1.29, 1.82) is 0 Å². The van der Waals surface area contributed by atoms with Crippen LogP contribution in [0.1, 0.15) is 70.7 Å². The van der Waals surface area contributed by atoms with Crippen LogP contribution in [0.4, 0.5) is 0 Å². The summed E-state index contributed by atoms with van der Waals surface area (Å²) in [6.07, 6.45) is 5.24. The number of fused-ring (bicyclic) bond motifs is 1. The molecule has 4 rings (SSSR count). The number of thiophene rings is 1. The fraction of sp³-hybridized carbons (Fsp3) is 0.400. The van der Waals surface area contributed by atoms with E-state index in [1.54, 1.807) is 11.4 Å². The van der Waals surface area contributed by atoms with Gasteiger partial charge in [-0.2, -0.15) is 0 Å². The number of ketones is 1. The first-order valence-electron chi connectivity index (χ1n) is 8.75. The Kier molecular flexibility index (Phi) is 4.12. The maximum absolute atomic E-state index is 12.7. The monoisotopic (exact) mass is 355 g/mol. The fourth-order valence-corrected chi connectivity index (χ4v) is 4.79. The van der Waals surface area contributed by atoms with Crippen LogP contribution in [0.3, 0.4) is 0 Å². The molecule has 2 aromatic rings. The molecule has 5 heteroatoms. The van der Waals surface area contributed by atoms with Crippen LogP contribution in [-0.4, -0.2) is 17.3 Å². The second kappa shape index (κ2) is 6.30. The minimum Gasteiger partial charge on any atom is -0.487 e. The molecule has 1 unspecified atom stereocenters. The number of Topliss-reactive ketones (excluding diaryl/α,β-unsaturated/α-hetero) is 1. The summed E-state index contributed by atoms with van der Waals surface area (Å²) in [6, 6.07) is 9.60. The lowest BCUT2D eigenvalue weighted by Gasteiger charge is -2.40. The molecule has 4 nitrogen and oxygen atoms in total. The van der Waals surface area contributed by atoms with Gasteiger partial charge in [-0.05, 0) is 44.7 Å². The molecule has 2 aliphatic rings. The summed E-state index contributed by atoms with van der Waals surface area (Å²) in [6.45, 7) is 1.52. The SMILES string of the molecule is CC(=O)c1csc(C(=O)NC2CC3(CCCC3)Oc3ccccc32)c1. The highest BCUT2D eigenvalue weighted by Gasteiger charge is 2.43. The average molecular weight is 355 g/mol. The molecule has 1 N–H and O–H groups in total. The highest BCUT2D eigenvalue weighted by Crippen LogP contribution is 2.47. The highest BCUT2D eigenvalue weighted by atomic mass is 32.1. The van der Waals surface area contributed by atoms with Gasteiger partial charge in [0, 0.05) is 22.9 Å². The molecule has 1 aromatic heterocycles. The van der Waals surface area contributed by atoms with Crippen molar-refractivity contribution in [2.45, 2.75) is 50.7 Å². The van der Waals surface area contributed by atoms with Crippen LogP contribution in [0.25, 0.3) is 0 Å². The number of para-hydroxylation sites is 1. The first-order valence-corrected chi connectivity index (χ1v) is 9.63. The third kappa shape index (κ3) is 3.09. The van der Waals surface area contributed by atoms with Crippen LogP contribution >= 0.6 is 11.3 Å². The number of hydrogen-bond donors (Lipinski definition) is 1. The van der Waals surface area contributed by atoms with Crippen molar-refractivity contribution in [3.63, 3.8) is 0 Å². The zero-order valence-electron chi connectivity index (χ0n) is 14.2. The van der Waals surface area contributed by atoms with Gasteiger partial charge in [0.25, 0.3) is 5.91 Å². The van der Waals surface area contributed by atoms with Crippen molar-refractivity contribution in [3.05, 3.63) is 51.7 Å². The third-order valence-electron chi connectivity index (χ3n) is 5.25. The van der Waals surface area contributed by atoms with Crippen molar-refractivity contribution < 1.29 is 14.3 Å². The van der Waals surface area contributed by atoms with Crippen LogP contribution in [0.15, 0.2) is 35.7 Å². The van der Waals surface area contributed by atoms with E-state index in [1.807, 2.05) is 24.3 Å². The maximum Gasteiger partial charge on any atom is 0.261 e. The van der Waals surface area contributed by atoms with E-state index in [0.29, 0.717) is 10.4 Å². The first kappa shape index (κ1) is 16.3. The topological polar surface area (TPSA) is 55.4 Å². The Morgan fingerprint density at radius 2 is 2.00 bits per heavy atom. The minimum absolute atomic E-state index is 0.0170. The van der Waals surface area contributed by atoms with Gasteiger partial charge in [0.1, 0.15) is 11.4 Å². The molecule has 1 aliphatic heterocycles. The molecule has 25 heavy (non-hydrogen) atoms. The van der Waals surface area contributed by atoms with E-state index in [9.17, 15) is 9.59 Å². The van der Waals surface area contributed by atoms with Crippen molar-refractivity contribution in [1.82, 2.24) is 5.32 Å². The Morgan fingerprint density at radius 3 is 2.72 bits per heavy atom. The van der Waals surface area contributed by atoms with Gasteiger partial charge in [0.2, 0.25) is 0 Å². The highest BCUT2D eigenvalue weighted by molar-refractivity contribution is 7.12. The first-order chi connectivity index (χ1) is 12.1. The predicted octanol–water partition coefficient (Wildman–Crippen LogP) is 4.52. The second-order valence-electron chi connectivity index (χ2n) is 7.02. The normalized spacial score (nSPS) is 20.8. The Balaban J connectivity index is 1.59. The Labute approximate surface area is 151 Å². The number of nitrogens with one attached hydrogen (secondary N) is 1. The summed E-state index contributed by atoms with van der Waals surface area (Å²) in [5.41, 5.74) is 1.48. The molecule has 1 saturated carbocycles. The Morgan fingerprint density at radius 1 is 1.24 bits per heavy atom.